The van der Waals surface area contributed by atoms with Gasteiger partial charge in [0.25, 0.3) is 5.91 Å². The summed E-state index contributed by atoms with van der Waals surface area (Å²) in [5.74, 6) is -0.352. The summed E-state index contributed by atoms with van der Waals surface area (Å²) in [5, 5.41) is 2.60. The number of ether oxygens (including phenoxy) is 3. The molecule has 1 N–H and O–H groups in total. The Morgan fingerprint density at radius 1 is 1.06 bits per heavy atom. The predicted molar refractivity (Wildman–Crippen MR) is 117 cm³/mol. The third-order valence-corrected chi connectivity index (χ3v) is 7.01. The molecule has 0 aliphatic carbocycles. The first-order chi connectivity index (χ1) is 15.2. The fourth-order valence-corrected chi connectivity index (χ4v) is 5.07. The number of nitrogens with one attached hydrogen (secondary N) is 1. The Kier molecular flexibility index (Phi) is 7.37. The second kappa shape index (κ2) is 10.0. The van der Waals surface area contributed by atoms with Crippen molar-refractivity contribution in [1.29, 1.82) is 0 Å². The van der Waals surface area contributed by atoms with Gasteiger partial charge < -0.3 is 19.5 Å². The van der Waals surface area contributed by atoms with Gasteiger partial charge >= 0.3 is 5.97 Å². The molecular weight excluding hydrogens is 436 g/mol. The van der Waals surface area contributed by atoms with Crippen molar-refractivity contribution in [3.8, 4) is 11.5 Å². The second-order valence-corrected chi connectivity index (χ2v) is 9.23. The minimum Gasteiger partial charge on any atom is -0.497 e. The van der Waals surface area contributed by atoms with Crippen LogP contribution in [0.25, 0.3) is 0 Å². The number of nitrogens with zero attached hydrogens (tertiary/aromatic N) is 1. The van der Waals surface area contributed by atoms with Gasteiger partial charge in [-0.2, -0.15) is 4.31 Å². The summed E-state index contributed by atoms with van der Waals surface area (Å²) in [7, 11) is -0.875. The summed E-state index contributed by atoms with van der Waals surface area (Å²) in [6.45, 7) is 1.53. The summed E-state index contributed by atoms with van der Waals surface area (Å²) in [6.07, 6.45) is 0.860. The van der Waals surface area contributed by atoms with Crippen molar-refractivity contribution in [1.82, 2.24) is 4.31 Å². The molecule has 2 aromatic rings. The van der Waals surface area contributed by atoms with Crippen LogP contribution in [0.3, 0.4) is 0 Å². The number of amides is 1. The van der Waals surface area contributed by atoms with E-state index in [4.69, 9.17) is 14.2 Å². The van der Waals surface area contributed by atoms with E-state index in [0.717, 1.165) is 9.87 Å². The van der Waals surface area contributed by atoms with Gasteiger partial charge in [-0.05, 0) is 31.9 Å². The van der Waals surface area contributed by atoms with Crippen molar-refractivity contribution >= 4 is 27.6 Å². The van der Waals surface area contributed by atoms with Gasteiger partial charge in [0.05, 0.1) is 19.1 Å². The molecule has 0 saturated carbocycles. The standard InChI is InChI=1S/C22H26N2O7S/c1-15-6-8-19(9-7-15)32(27,28)24-10-4-5-20(24)22(26)31-14-21(25)23-16-11-17(29-2)13-18(12-16)30-3/h6-9,11-13,20H,4-5,10,14H2,1-3H3,(H,23,25)/t20-/m0/s1. The predicted octanol–water partition coefficient (Wildman–Crippen LogP) is 2.35. The molecule has 1 amide bonds. The zero-order chi connectivity index (χ0) is 23.3. The van der Waals surface area contributed by atoms with Gasteiger partial charge in [0.1, 0.15) is 17.5 Å². The first-order valence-corrected chi connectivity index (χ1v) is 11.5. The molecule has 10 heteroatoms. The summed E-state index contributed by atoms with van der Waals surface area (Å²) >= 11 is 0. The molecule has 1 atom stereocenters. The second-order valence-electron chi connectivity index (χ2n) is 7.34. The van der Waals surface area contributed by atoms with E-state index < -0.39 is 34.5 Å². The van der Waals surface area contributed by atoms with Crippen molar-refractivity contribution < 1.29 is 32.2 Å². The van der Waals surface area contributed by atoms with Gasteiger partial charge in [-0.1, -0.05) is 17.7 Å². The molecule has 2 aromatic carbocycles. The molecule has 1 aliphatic heterocycles. The number of sulfonamides is 1. The van der Waals surface area contributed by atoms with Gasteiger partial charge in [-0.25, -0.2) is 8.42 Å². The summed E-state index contributed by atoms with van der Waals surface area (Å²) < 4.78 is 42.5. The molecule has 0 bridgehead atoms. The van der Waals surface area contributed by atoms with Crippen LogP contribution in [-0.2, 0) is 24.3 Å². The van der Waals surface area contributed by atoms with Gasteiger partial charge in [-0.15, -0.1) is 0 Å². The highest BCUT2D eigenvalue weighted by Gasteiger charge is 2.40. The number of carbonyl (C=O) groups excluding carboxylic acids is 2. The SMILES string of the molecule is COc1cc(NC(=O)COC(=O)[C@@H]2CCCN2S(=O)(=O)c2ccc(C)cc2)cc(OC)c1. The number of aryl methyl sites for hydroxylation is 1. The number of esters is 1. The van der Waals surface area contributed by atoms with E-state index >= 15 is 0 Å². The number of carbonyl (C=O) groups is 2. The van der Waals surface area contributed by atoms with Crippen LogP contribution in [0.1, 0.15) is 18.4 Å². The number of rotatable bonds is 8. The highest BCUT2D eigenvalue weighted by atomic mass is 32.2. The maximum absolute atomic E-state index is 13.0. The van der Waals surface area contributed by atoms with E-state index in [0.29, 0.717) is 30.0 Å². The highest BCUT2D eigenvalue weighted by Crippen LogP contribution is 2.28. The normalized spacial score (nSPS) is 16.4. The lowest BCUT2D eigenvalue weighted by molar-refractivity contribution is -0.150. The maximum Gasteiger partial charge on any atom is 0.324 e. The molecule has 1 aliphatic rings. The van der Waals surface area contributed by atoms with Crippen LogP contribution in [0.15, 0.2) is 47.4 Å². The van der Waals surface area contributed by atoms with Crippen LogP contribution in [0.5, 0.6) is 11.5 Å². The minimum atomic E-state index is -3.85. The quantitative estimate of drug-likeness (QED) is 0.600. The molecule has 1 heterocycles. The van der Waals surface area contributed by atoms with Crippen LogP contribution in [0.2, 0.25) is 0 Å². The zero-order valence-electron chi connectivity index (χ0n) is 18.2. The van der Waals surface area contributed by atoms with Crippen molar-refractivity contribution in [2.75, 3.05) is 32.7 Å². The minimum absolute atomic E-state index is 0.118. The fraction of sp³-hybridized carbons (Fsp3) is 0.364. The maximum atomic E-state index is 13.0. The van der Waals surface area contributed by atoms with Gasteiger partial charge in [0.2, 0.25) is 10.0 Å². The van der Waals surface area contributed by atoms with Crippen molar-refractivity contribution in [2.45, 2.75) is 30.7 Å². The van der Waals surface area contributed by atoms with Crippen molar-refractivity contribution in [3.05, 3.63) is 48.0 Å². The Morgan fingerprint density at radius 2 is 1.69 bits per heavy atom. The van der Waals surface area contributed by atoms with E-state index in [1.807, 2.05) is 6.92 Å². The number of anilines is 1. The lowest BCUT2D eigenvalue weighted by Gasteiger charge is -2.22. The smallest absolute Gasteiger partial charge is 0.324 e. The average molecular weight is 463 g/mol. The molecule has 1 fully saturated rings. The molecule has 1 saturated heterocycles. The van der Waals surface area contributed by atoms with Crippen molar-refractivity contribution in [3.63, 3.8) is 0 Å². The van der Waals surface area contributed by atoms with Crippen LogP contribution < -0.4 is 14.8 Å². The monoisotopic (exact) mass is 462 g/mol. The molecule has 0 radical (unpaired) electrons. The molecule has 0 unspecified atom stereocenters. The highest BCUT2D eigenvalue weighted by molar-refractivity contribution is 7.89. The van der Waals surface area contributed by atoms with Crippen LogP contribution in [0, 0.1) is 6.92 Å². The molecule has 0 spiro atoms. The van der Waals surface area contributed by atoms with E-state index in [2.05, 4.69) is 5.32 Å². The topological polar surface area (TPSA) is 111 Å². The molecule has 32 heavy (non-hydrogen) atoms. The fourth-order valence-electron chi connectivity index (χ4n) is 3.42. The summed E-state index contributed by atoms with van der Waals surface area (Å²) in [4.78, 5) is 25.0. The van der Waals surface area contributed by atoms with Gasteiger partial charge in [-0.3, -0.25) is 9.59 Å². The van der Waals surface area contributed by atoms with E-state index in [-0.39, 0.29) is 11.4 Å². The first-order valence-electron chi connectivity index (χ1n) is 10.0. The first kappa shape index (κ1) is 23.6. The Bertz CT molecular complexity index is 1060. The Labute approximate surface area is 187 Å². The number of hydrogen-bond acceptors (Lipinski definition) is 7. The molecule has 9 nitrogen and oxygen atoms in total. The Hall–Kier alpha value is -3.11. The molecular formula is C22H26N2O7S. The Morgan fingerprint density at radius 3 is 2.28 bits per heavy atom. The molecule has 172 valence electrons. The molecule has 3 rings (SSSR count). The lowest BCUT2D eigenvalue weighted by Crippen LogP contribution is -2.42. The average Bonchev–Trinajstić information content (AvgIpc) is 3.28. The largest absolute Gasteiger partial charge is 0.497 e. The van der Waals surface area contributed by atoms with Gasteiger partial charge in [0.15, 0.2) is 6.61 Å². The van der Waals surface area contributed by atoms with Crippen LogP contribution in [-0.4, -0.2) is 58.0 Å². The third kappa shape index (κ3) is 5.38. The number of methoxy groups -OCH3 is 2. The lowest BCUT2D eigenvalue weighted by atomic mass is 10.2. The summed E-state index contributed by atoms with van der Waals surface area (Å²) in [5.41, 5.74) is 1.34. The van der Waals surface area contributed by atoms with Crippen LogP contribution in [0.4, 0.5) is 5.69 Å². The van der Waals surface area contributed by atoms with E-state index in [1.165, 1.54) is 26.4 Å². The van der Waals surface area contributed by atoms with E-state index in [1.54, 1.807) is 30.3 Å². The van der Waals surface area contributed by atoms with E-state index in [9.17, 15) is 18.0 Å². The number of benzene rings is 2. The molecule has 0 aromatic heterocycles. The third-order valence-electron chi connectivity index (χ3n) is 5.08. The number of hydrogen-bond donors (Lipinski definition) is 1. The zero-order valence-corrected chi connectivity index (χ0v) is 19.0. The van der Waals surface area contributed by atoms with Crippen LogP contribution >= 0.6 is 0 Å². The van der Waals surface area contributed by atoms with Gasteiger partial charge in [0, 0.05) is 30.4 Å². The Balaban J connectivity index is 1.63. The van der Waals surface area contributed by atoms with Crippen molar-refractivity contribution in [2.24, 2.45) is 0 Å². The summed E-state index contributed by atoms with van der Waals surface area (Å²) in [6, 6.07) is 10.3.